The monoisotopic (exact) mass is 278 g/mol. The molecule has 1 N–H and O–H groups in total. The average Bonchev–Trinajstić information content (AvgIpc) is 2.97. The number of nitrogens with zero attached hydrogens (tertiary/aromatic N) is 1. The zero-order valence-corrected chi connectivity index (χ0v) is 12.0. The van der Waals surface area contributed by atoms with E-state index in [1.165, 1.54) is 5.56 Å². The van der Waals surface area contributed by atoms with E-state index in [-0.39, 0.29) is 5.91 Å². The fourth-order valence-electron chi connectivity index (χ4n) is 2.50. The number of nitrogens with one attached hydrogen (secondary N) is 1. The first kappa shape index (κ1) is 13.4. The van der Waals surface area contributed by atoms with Crippen LogP contribution in [0.5, 0.6) is 0 Å². The van der Waals surface area contributed by atoms with Crippen molar-refractivity contribution < 1.29 is 4.79 Å². The second-order valence-corrected chi connectivity index (χ2v) is 5.21. The van der Waals surface area contributed by atoms with Crippen molar-refractivity contribution in [3.05, 3.63) is 71.9 Å². The molecule has 0 bridgehead atoms. The summed E-state index contributed by atoms with van der Waals surface area (Å²) < 4.78 is 0. The third-order valence-electron chi connectivity index (χ3n) is 3.75. The Balaban J connectivity index is 1.72. The van der Waals surface area contributed by atoms with Crippen LogP contribution < -0.4 is 0 Å². The van der Waals surface area contributed by atoms with E-state index in [9.17, 15) is 4.79 Å². The van der Waals surface area contributed by atoms with E-state index < -0.39 is 0 Å². The molecule has 0 aliphatic heterocycles. The normalized spacial score (nSPS) is 10.7. The second-order valence-electron chi connectivity index (χ2n) is 5.21. The number of benzene rings is 2. The summed E-state index contributed by atoms with van der Waals surface area (Å²) in [5.41, 5.74) is 2.98. The van der Waals surface area contributed by atoms with Gasteiger partial charge >= 0.3 is 0 Å². The summed E-state index contributed by atoms with van der Waals surface area (Å²) in [6.07, 6.45) is 2.66. The molecule has 0 unspecified atom stereocenters. The first-order chi connectivity index (χ1) is 10.3. The van der Waals surface area contributed by atoms with Crippen LogP contribution in [0.15, 0.2) is 60.8 Å². The molecule has 0 aliphatic carbocycles. The Bertz CT molecular complexity index is 746. The van der Waals surface area contributed by atoms with Crippen molar-refractivity contribution in [2.24, 2.45) is 0 Å². The van der Waals surface area contributed by atoms with Crippen molar-refractivity contribution in [3.8, 4) is 0 Å². The number of H-pyrrole nitrogens is 1. The number of rotatable bonds is 4. The first-order valence-corrected chi connectivity index (χ1v) is 7.11. The fraction of sp³-hybridized carbons (Fsp3) is 0.167. The lowest BCUT2D eigenvalue weighted by Crippen LogP contribution is -2.28. The van der Waals surface area contributed by atoms with Crippen molar-refractivity contribution in [2.75, 3.05) is 13.6 Å². The Kier molecular flexibility index (Phi) is 3.73. The van der Waals surface area contributed by atoms with Crippen LogP contribution in [-0.4, -0.2) is 29.4 Å². The van der Waals surface area contributed by atoms with E-state index in [1.54, 1.807) is 11.1 Å². The van der Waals surface area contributed by atoms with Gasteiger partial charge in [-0.2, -0.15) is 0 Å². The lowest BCUT2D eigenvalue weighted by Gasteiger charge is -2.16. The van der Waals surface area contributed by atoms with Crippen LogP contribution >= 0.6 is 0 Å². The Hall–Kier alpha value is -2.55. The summed E-state index contributed by atoms with van der Waals surface area (Å²) in [6.45, 7) is 0.711. The SMILES string of the molecule is CN(CCc1ccccc1)C(=O)c1c[nH]c2ccccc12. The molecule has 0 fully saturated rings. The largest absolute Gasteiger partial charge is 0.360 e. The van der Waals surface area contributed by atoms with E-state index in [0.717, 1.165) is 22.9 Å². The summed E-state index contributed by atoms with van der Waals surface area (Å²) in [7, 11) is 1.85. The minimum absolute atomic E-state index is 0.0587. The molecule has 3 nitrogen and oxygen atoms in total. The Labute approximate surface area is 124 Å². The molecule has 0 spiro atoms. The predicted octanol–water partition coefficient (Wildman–Crippen LogP) is 3.48. The number of likely N-dealkylation sites (N-methyl/N-ethyl adjacent to an activating group) is 1. The van der Waals surface area contributed by atoms with Crippen LogP contribution in [0.3, 0.4) is 0 Å². The van der Waals surface area contributed by atoms with E-state index >= 15 is 0 Å². The summed E-state index contributed by atoms with van der Waals surface area (Å²) in [4.78, 5) is 17.5. The van der Waals surface area contributed by atoms with Crippen molar-refractivity contribution in [1.82, 2.24) is 9.88 Å². The van der Waals surface area contributed by atoms with E-state index in [0.29, 0.717) is 6.54 Å². The van der Waals surface area contributed by atoms with Crippen molar-refractivity contribution in [2.45, 2.75) is 6.42 Å². The molecular formula is C18H18N2O. The molecule has 1 amide bonds. The zero-order valence-electron chi connectivity index (χ0n) is 12.0. The highest BCUT2D eigenvalue weighted by molar-refractivity contribution is 6.06. The summed E-state index contributed by atoms with van der Waals surface area (Å²) in [6, 6.07) is 18.1. The number of carbonyl (C=O) groups excluding carboxylic acids is 1. The van der Waals surface area contributed by atoms with Crippen LogP contribution in [0.1, 0.15) is 15.9 Å². The highest BCUT2D eigenvalue weighted by atomic mass is 16.2. The number of amides is 1. The molecule has 1 aromatic heterocycles. The summed E-state index contributed by atoms with van der Waals surface area (Å²) >= 11 is 0. The fourth-order valence-corrected chi connectivity index (χ4v) is 2.50. The van der Waals surface area contributed by atoms with E-state index in [1.807, 2.05) is 49.5 Å². The van der Waals surface area contributed by atoms with Crippen LogP contribution in [0.4, 0.5) is 0 Å². The van der Waals surface area contributed by atoms with Crippen LogP contribution in [0, 0.1) is 0 Å². The molecule has 106 valence electrons. The average molecular weight is 278 g/mol. The third kappa shape index (κ3) is 2.82. The van der Waals surface area contributed by atoms with Crippen molar-refractivity contribution >= 4 is 16.8 Å². The van der Waals surface area contributed by atoms with Gasteiger partial charge in [0.2, 0.25) is 0 Å². The molecule has 0 saturated heterocycles. The number of aromatic nitrogens is 1. The van der Waals surface area contributed by atoms with Crippen molar-refractivity contribution in [1.29, 1.82) is 0 Å². The second kappa shape index (κ2) is 5.83. The molecule has 0 saturated carbocycles. The highest BCUT2D eigenvalue weighted by Gasteiger charge is 2.15. The number of hydrogen-bond acceptors (Lipinski definition) is 1. The molecule has 21 heavy (non-hydrogen) atoms. The van der Waals surface area contributed by atoms with Gasteiger partial charge in [-0.15, -0.1) is 0 Å². The maximum absolute atomic E-state index is 12.5. The molecule has 0 radical (unpaired) electrons. The lowest BCUT2D eigenvalue weighted by atomic mass is 10.1. The summed E-state index contributed by atoms with van der Waals surface area (Å²) in [5, 5.41) is 0.981. The predicted molar refractivity (Wildman–Crippen MR) is 85.4 cm³/mol. The van der Waals surface area contributed by atoms with Gasteiger partial charge in [-0.05, 0) is 18.1 Å². The smallest absolute Gasteiger partial charge is 0.255 e. The van der Waals surface area contributed by atoms with Gasteiger partial charge in [0.15, 0.2) is 0 Å². The maximum atomic E-state index is 12.5. The number of para-hydroxylation sites is 1. The topological polar surface area (TPSA) is 36.1 Å². The molecule has 3 heteroatoms. The van der Waals surface area contributed by atoms with Gasteiger partial charge in [-0.3, -0.25) is 4.79 Å². The molecule has 3 aromatic rings. The van der Waals surface area contributed by atoms with Gasteiger partial charge in [0.1, 0.15) is 0 Å². The van der Waals surface area contributed by atoms with Gasteiger partial charge < -0.3 is 9.88 Å². The minimum atomic E-state index is 0.0587. The number of carbonyl (C=O) groups is 1. The summed E-state index contributed by atoms with van der Waals surface area (Å²) in [5.74, 6) is 0.0587. The molecular weight excluding hydrogens is 260 g/mol. The van der Waals surface area contributed by atoms with Crippen LogP contribution in [-0.2, 0) is 6.42 Å². The van der Waals surface area contributed by atoms with Crippen LogP contribution in [0.25, 0.3) is 10.9 Å². The van der Waals surface area contributed by atoms with E-state index in [2.05, 4.69) is 17.1 Å². The van der Waals surface area contributed by atoms with Gasteiger partial charge in [0.25, 0.3) is 5.91 Å². The zero-order chi connectivity index (χ0) is 14.7. The molecule has 0 atom stereocenters. The number of hydrogen-bond donors (Lipinski definition) is 1. The maximum Gasteiger partial charge on any atom is 0.255 e. The third-order valence-corrected chi connectivity index (χ3v) is 3.75. The van der Waals surface area contributed by atoms with Gasteiger partial charge in [-0.1, -0.05) is 48.5 Å². The highest BCUT2D eigenvalue weighted by Crippen LogP contribution is 2.19. The van der Waals surface area contributed by atoms with Gasteiger partial charge in [-0.25, -0.2) is 0 Å². The van der Waals surface area contributed by atoms with E-state index in [4.69, 9.17) is 0 Å². The quantitative estimate of drug-likeness (QED) is 0.779. The number of aromatic amines is 1. The minimum Gasteiger partial charge on any atom is -0.360 e. The first-order valence-electron chi connectivity index (χ1n) is 7.11. The molecule has 2 aromatic carbocycles. The molecule has 0 aliphatic rings. The van der Waals surface area contributed by atoms with Crippen molar-refractivity contribution in [3.63, 3.8) is 0 Å². The van der Waals surface area contributed by atoms with Gasteiger partial charge in [0.05, 0.1) is 5.56 Å². The van der Waals surface area contributed by atoms with Crippen LogP contribution in [0.2, 0.25) is 0 Å². The number of fused-ring (bicyclic) bond motifs is 1. The Morgan fingerprint density at radius 1 is 1.05 bits per heavy atom. The Morgan fingerprint density at radius 2 is 1.76 bits per heavy atom. The lowest BCUT2D eigenvalue weighted by molar-refractivity contribution is 0.0798. The molecule has 3 rings (SSSR count). The Morgan fingerprint density at radius 3 is 2.57 bits per heavy atom. The standard InChI is InChI=1S/C18H18N2O/c1-20(12-11-14-7-3-2-4-8-14)18(21)16-13-19-17-10-6-5-9-15(16)17/h2-10,13,19H,11-12H2,1H3. The van der Waals surface area contributed by atoms with Gasteiger partial charge in [0, 0.05) is 30.7 Å². The molecule has 1 heterocycles.